The number of piperazine rings is 1. The van der Waals surface area contributed by atoms with Crippen LogP contribution in [-0.2, 0) is 0 Å². The molecule has 0 spiro atoms. The van der Waals surface area contributed by atoms with E-state index in [2.05, 4.69) is 15.3 Å². The molecule has 8 nitrogen and oxygen atoms in total. The lowest BCUT2D eigenvalue weighted by atomic mass is 10.3. The zero-order valence-corrected chi connectivity index (χ0v) is 15.4. The van der Waals surface area contributed by atoms with Crippen LogP contribution in [-0.4, -0.2) is 52.9 Å². The smallest absolute Gasteiger partial charge is 0.289 e. The first-order valence-electron chi connectivity index (χ1n) is 9.08. The van der Waals surface area contributed by atoms with Crippen LogP contribution in [0, 0.1) is 5.82 Å². The molecule has 0 unspecified atom stereocenters. The molecule has 3 heterocycles. The summed E-state index contributed by atoms with van der Waals surface area (Å²) in [6.45, 7) is 2.06. The highest BCUT2D eigenvalue weighted by Gasteiger charge is 2.25. The first kappa shape index (κ1) is 18.6. The number of aromatic nitrogens is 2. The van der Waals surface area contributed by atoms with E-state index >= 15 is 0 Å². The van der Waals surface area contributed by atoms with E-state index in [-0.39, 0.29) is 17.4 Å². The van der Waals surface area contributed by atoms with Crippen molar-refractivity contribution in [3.8, 4) is 0 Å². The Hall–Kier alpha value is -3.75. The van der Waals surface area contributed by atoms with Crippen LogP contribution >= 0.6 is 0 Å². The van der Waals surface area contributed by atoms with E-state index in [1.165, 1.54) is 42.8 Å². The van der Waals surface area contributed by atoms with Crippen molar-refractivity contribution >= 4 is 23.5 Å². The fourth-order valence-electron chi connectivity index (χ4n) is 3.02. The quantitative estimate of drug-likeness (QED) is 0.730. The molecule has 0 radical (unpaired) electrons. The minimum Gasteiger partial charge on any atom is -0.459 e. The molecule has 0 atom stereocenters. The van der Waals surface area contributed by atoms with Crippen molar-refractivity contribution in [2.75, 3.05) is 36.4 Å². The molecule has 9 heteroatoms. The Balaban J connectivity index is 1.39. The molecule has 3 aromatic rings. The van der Waals surface area contributed by atoms with Gasteiger partial charge < -0.3 is 19.5 Å². The largest absolute Gasteiger partial charge is 0.459 e. The number of halogens is 1. The molecule has 1 N–H and O–H groups in total. The molecular weight excluding hydrogens is 377 g/mol. The molecule has 2 amide bonds. The number of nitrogens with zero attached hydrogens (tertiary/aromatic N) is 4. The van der Waals surface area contributed by atoms with Crippen molar-refractivity contribution in [2.45, 2.75) is 0 Å². The molecule has 1 fully saturated rings. The van der Waals surface area contributed by atoms with E-state index in [4.69, 9.17) is 4.42 Å². The summed E-state index contributed by atoms with van der Waals surface area (Å²) < 4.78 is 18.2. The van der Waals surface area contributed by atoms with Crippen LogP contribution in [0.4, 0.5) is 16.0 Å². The molecule has 1 aliphatic heterocycles. The van der Waals surface area contributed by atoms with Crippen LogP contribution in [0.1, 0.15) is 21.0 Å². The van der Waals surface area contributed by atoms with Crippen LogP contribution in [0.15, 0.2) is 59.3 Å². The van der Waals surface area contributed by atoms with Gasteiger partial charge in [0.15, 0.2) is 5.76 Å². The maximum atomic E-state index is 13.0. The van der Waals surface area contributed by atoms with Crippen molar-refractivity contribution in [2.24, 2.45) is 0 Å². The number of nitrogens with one attached hydrogen (secondary N) is 1. The summed E-state index contributed by atoms with van der Waals surface area (Å²) >= 11 is 0. The summed E-state index contributed by atoms with van der Waals surface area (Å²) in [6.07, 6.45) is 2.99. The molecule has 2 aromatic heterocycles. The standard InChI is InChI=1S/C20H18FN5O3/c21-14-3-5-15(6-4-14)23-18(27)16-7-8-22-20(24-16)26-11-9-25(10-12-26)19(28)17-2-1-13-29-17/h1-8,13H,9-12H2,(H,23,27). The van der Waals surface area contributed by atoms with Gasteiger partial charge in [-0.2, -0.15) is 0 Å². The minimum atomic E-state index is -0.410. The van der Waals surface area contributed by atoms with E-state index in [0.29, 0.717) is 43.6 Å². The normalized spacial score (nSPS) is 14.0. The first-order valence-corrected chi connectivity index (χ1v) is 9.08. The van der Waals surface area contributed by atoms with Crippen molar-refractivity contribution in [1.82, 2.24) is 14.9 Å². The maximum absolute atomic E-state index is 13.0. The monoisotopic (exact) mass is 395 g/mol. The van der Waals surface area contributed by atoms with Crippen molar-refractivity contribution in [3.05, 3.63) is 72.2 Å². The zero-order valence-electron chi connectivity index (χ0n) is 15.4. The van der Waals surface area contributed by atoms with Gasteiger partial charge in [-0.15, -0.1) is 0 Å². The number of furan rings is 1. The number of anilines is 2. The second-order valence-corrected chi connectivity index (χ2v) is 6.46. The molecular formula is C20H18FN5O3. The highest BCUT2D eigenvalue weighted by molar-refractivity contribution is 6.02. The van der Waals surface area contributed by atoms with Crippen LogP contribution in [0.2, 0.25) is 0 Å². The lowest BCUT2D eigenvalue weighted by Gasteiger charge is -2.34. The van der Waals surface area contributed by atoms with Gasteiger partial charge in [-0.05, 0) is 42.5 Å². The summed E-state index contributed by atoms with van der Waals surface area (Å²) in [5.74, 6) is -0.206. The molecule has 1 aliphatic rings. The summed E-state index contributed by atoms with van der Waals surface area (Å²) in [6, 6.07) is 10.3. The van der Waals surface area contributed by atoms with Crippen molar-refractivity contribution in [3.63, 3.8) is 0 Å². The zero-order chi connectivity index (χ0) is 20.2. The lowest BCUT2D eigenvalue weighted by molar-refractivity contribution is 0.0714. The molecule has 0 bridgehead atoms. The minimum absolute atomic E-state index is 0.150. The Kier molecular flexibility index (Phi) is 5.19. The predicted octanol–water partition coefficient (Wildman–Crippen LogP) is 2.42. The van der Waals surface area contributed by atoms with Gasteiger partial charge in [-0.25, -0.2) is 14.4 Å². The number of carbonyl (C=O) groups is 2. The Bertz CT molecular complexity index is 999. The molecule has 0 aliphatic carbocycles. The lowest BCUT2D eigenvalue weighted by Crippen LogP contribution is -2.49. The van der Waals surface area contributed by atoms with Crippen LogP contribution in [0.5, 0.6) is 0 Å². The van der Waals surface area contributed by atoms with Gasteiger partial charge in [0, 0.05) is 38.1 Å². The number of amides is 2. The van der Waals surface area contributed by atoms with Gasteiger partial charge >= 0.3 is 0 Å². The van der Waals surface area contributed by atoms with E-state index < -0.39 is 5.91 Å². The van der Waals surface area contributed by atoms with Gasteiger partial charge in [0.1, 0.15) is 11.5 Å². The van der Waals surface area contributed by atoms with Crippen LogP contribution in [0.25, 0.3) is 0 Å². The third kappa shape index (κ3) is 4.23. The third-order valence-electron chi connectivity index (χ3n) is 4.56. The van der Waals surface area contributed by atoms with Gasteiger partial charge in [-0.1, -0.05) is 0 Å². The molecule has 4 rings (SSSR count). The van der Waals surface area contributed by atoms with Gasteiger partial charge in [0.2, 0.25) is 5.95 Å². The highest BCUT2D eigenvalue weighted by Crippen LogP contribution is 2.15. The van der Waals surface area contributed by atoms with E-state index in [9.17, 15) is 14.0 Å². The summed E-state index contributed by atoms with van der Waals surface area (Å²) in [5.41, 5.74) is 0.676. The number of benzene rings is 1. The maximum Gasteiger partial charge on any atom is 0.289 e. The summed E-state index contributed by atoms with van der Waals surface area (Å²) in [4.78, 5) is 37.0. The van der Waals surface area contributed by atoms with Crippen LogP contribution < -0.4 is 10.2 Å². The third-order valence-corrected chi connectivity index (χ3v) is 4.56. The second kappa shape index (κ2) is 8.09. The number of hydrogen-bond donors (Lipinski definition) is 1. The Morgan fingerprint density at radius 1 is 1.03 bits per heavy atom. The molecule has 148 valence electrons. The fraction of sp³-hybridized carbons (Fsp3) is 0.200. The second-order valence-electron chi connectivity index (χ2n) is 6.46. The van der Waals surface area contributed by atoms with Gasteiger partial charge in [0.25, 0.3) is 11.8 Å². The molecule has 1 saturated heterocycles. The van der Waals surface area contributed by atoms with E-state index in [1.807, 2.05) is 4.90 Å². The summed E-state index contributed by atoms with van der Waals surface area (Å²) in [5, 5.41) is 2.68. The first-order chi connectivity index (χ1) is 14.1. The molecule has 1 aromatic carbocycles. The van der Waals surface area contributed by atoms with E-state index in [0.717, 1.165) is 0 Å². The fourth-order valence-corrected chi connectivity index (χ4v) is 3.02. The highest BCUT2D eigenvalue weighted by atomic mass is 19.1. The number of carbonyl (C=O) groups excluding carboxylic acids is 2. The average molecular weight is 395 g/mol. The van der Waals surface area contributed by atoms with Gasteiger partial charge in [0.05, 0.1) is 6.26 Å². The van der Waals surface area contributed by atoms with E-state index in [1.54, 1.807) is 17.0 Å². The van der Waals surface area contributed by atoms with Crippen molar-refractivity contribution < 1.29 is 18.4 Å². The Morgan fingerprint density at radius 3 is 2.48 bits per heavy atom. The van der Waals surface area contributed by atoms with Crippen molar-refractivity contribution in [1.29, 1.82) is 0 Å². The molecule has 29 heavy (non-hydrogen) atoms. The predicted molar refractivity (Wildman–Crippen MR) is 103 cm³/mol. The SMILES string of the molecule is O=C(Nc1ccc(F)cc1)c1ccnc(N2CCN(C(=O)c3ccco3)CC2)n1. The Morgan fingerprint density at radius 2 is 1.79 bits per heavy atom. The summed E-state index contributed by atoms with van der Waals surface area (Å²) in [7, 11) is 0. The number of hydrogen-bond acceptors (Lipinski definition) is 6. The Labute approximate surface area is 166 Å². The number of rotatable bonds is 4. The molecule has 0 saturated carbocycles. The topological polar surface area (TPSA) is 91.6 Å². The average Bonchev–Trinajstić information content (AvgIpc) is 3.30. The van der Waals surface area contributed by atoms with Crippen LogP contribution in [0.3, 0.4) is 0 Å². The van der Waals surface area contributed by atoms with Gasteiger partial charge in [-0.3, -0.25) is 9.59 Å².